The van der Waals surface area contributed by atoms with Crippen molar-refractivity contribution in [2.45, 2.75) is 38.5 Å². The third-order valence-corrected chi connectivity index (χ3v) is 4.18. The Kier molecular flexibility index (Phi) is 5.59. The van der Waals surface area contributed by atoms with Crippen molar-refractivity contribution in [1.82, 2.24) is 5.32 Å². The Labute approximate surface area is 124 Å². The monoisotopic (exact) mass is 317 g/mol. The first-order valence-corrected chi connectivity index (χ1v) is 8.73. The van der Waals surface area contributed by atoms with Crippen LogP contribution in [-0.4, -0.2) is 20.9 Å². The second kappa shape index (κ2) is 6.59. The average Bonchev–Trinajstić information content (AvgIpc) is 2.32. The van der Waals surface area contributed by atoms with Crippen molar-refractivity contribution < 1.29 is 13.2 Å². The quantitative estimate of drug-likeness (QED) is 0.671. The number of carbonyl (C=O) groups excluding carboxylic acids is 1. The third kappa shape index (κ3) is 5.51. The van der Waals surface area contributed by atoms with Gasteiger partial charge in [-0.15, -0.1) is 0 Å². The first-order valence-electron chi connectivity index (χ1n) is 6.42. The van der Waals surface area contributed by atoms with Crippen LogP contribution in [-0.2, 0) is 20.3 Å². The van der Waals surface area contributed by atoms with E-state index in [2.05, 4.69) is 5.32 Å². The molecule has 1 amide bonds. The zero-order valence-corrected chi connectivity index (χ0v) is 13.5. The van der Waals surface area contributed by atoms with Crippen molar-refractivity contribution >= 4 is 25.6 Å². The van der Waals surface area contributed by atoms with Gasteiger partial charge in [-0.2, -0.15) is 0 Å². The predicted molar refractivity (Wildman–Crippen MR) is 80.3 cm³/mol. The Morgan fingerprint density at radius 2 is 1.75 bits per heavy atom. The minimum atomic E-state index is -3.66. The van der Waals surface area contributed by atoms with Crippen molar-refractivity contribution in [3.8, 4) is 0 Å². The van der Waals surface area contributed by atoms with Crippen LogP contribution in [0.25, 0.3) is 0 Å². The molecule has 0 atom stereocenters. The number of carbonyl (C=O) groups is 1. The highest BCUT2D eigenvalue weighted by molar-refractivity contribution is 8.13. The summed E-state index contributed by atoms with van der Waals surface area (Å²) in [6, 6.07) is 6.46. The Morgan fingerprint density at radius 3 is 2.20 bits per heavy atom. The van der Waals surface area contributed by atoms with E-state index >= 15 is 0 Å². The minimum absolute atomic E-state index is 0.0288. The largest absolute Gasteiger partial charge is 0.356 e. The van der Waals surface area contributed by atoms with E-state index in [1.165, 1.54) is 12.1 Å². The molecule has 0 bridgehead atoms. The number of nitrogens with one attached hydrogen (secondary N) is 1. The summed E-state index contributed by atoms with van der Waals surface area (Å²) in [4.78, 5) is 11.7. The predicted octanol–water partition coefficient (Wildman–Crippen LogP) is 2.71. The molecule has 0 aliphatic heterocycles. The molecule has 6 heteroatoms. The van der Waals surface area contributed by atoms with Crippen LogP contribution >= 0.6 is 10.7 Å². The molecule has 0 fully saturated rings. The number of hydrogen-bond donors (Lipinski definition) is 1. The van der Waals surface area contributed by atoms with Crippen LogP contribution in [0.4, 0.5) is 0 Å². The van der Waals surface area contributed by atoms with Crippen LogP contribution in [0.1, 0.15) is 32.8 Å². The van der Waals surface area contributed by atoms with Gasteiger partial charge in [-0.05, 0) is 30.5 Å². The molecule has 0 spiro atoms. The fraction of sp³-hybridized carbons (Fsp3) is 0.500. The Morgan fingerprint density at radius 1 is 1.20 bits per heavy atom. The van der Waals surface area contributed by atoms with Crippen molar-refractivity contribution in [2.24, 2.45) is 5.41 Å². The Balaban J connectivity index is 2.42. The van der Waals surface area contributed by atoms with E-state index in [-0.39, 0.29) is 16.2 Å². The van der Waals surface area contributed by atoms with E-state index in [0.29, 0.717) is 6.54 Å². The molecule has 1 N–H and O–H groups in total. The van der Waals surface area contributed by atoms with Gasteiger partial charge in [-0.3, -0.25) is 4.79 Å². The van der Waals surface area contributed by atoms with E-state index in [0.717, 1.165) is 18.4 Å². The van der Waals surface area contributed by atoms with Gasteiger partial charge in [0.05, 0.1) is 4.90 Å². The lowest BCUT2D eigenvalue weighted by Crippen LogP contribution is -2.35. The number of amides is 1. The molecule has 1 rings (SSSR count). The summed E-state index contributed by atoms with van der Waals surface area (Å²) in [6.07, 6.45) is 1.57. The molecule has 0 aliphatic carbocycles. The normalized spacial score (nSPS) is 12.2. The second-order valence-electron chi connectivity index (χ2n) is 5.69. The minimum Gasteiger partial charge on any atom is -0.356 e. The molecule has 0 heterocycles. The maximum Gasteiger partial charge on any atom is 0.261 e. The molecule has 1 aromatic rings. The summed E-state index contributed by atoms with van der Waals surface area (Å²) in [5.41, 5.74) is 0.634. The fourth-order valence-electron chi connectivity index (χ4n) is 1.58. The van der Waals surface area contributed by atoms with Gasteiger partial charge < -0.3 is 5.32 Å². The highest BCUT2D eigenvalue weighted by atomic mass is 35.7. The lowest BCUT2D eigenvalue weighted by molar-refractivity contribution is -0.128. The molecular formula is C14H20ClNO3S. The van der Waals surface area contributed by atoms with Crippen LogP contribution in [0, 0.1) is 5.41 Å². The molecule has 1 aromatic carbocycles. The number of rotatable bonds is 5. The first kappa shape index (κ1) is 17.0. The highest BCUT2D eigenvalue weighted by Crippen LogP contribution is 2.16. The molecule has 0 unspecified atom stereocenters. The lowest BCUT2D eigenvalue weighted by Gasteiger charge is -2.17. The molecular weight excluding hydrogens is 298 g/mol. The van der Waals surface area contributed by atoms with E-state index in [1.54, 1.807) is 12.1 Å². The summed E-state index contributed by atoms with van der Waals surface area (Å²) in [5, 5.41) is 2.87. The van der Waals surface area contributed by atoms with Crippen LogP contribution in [0.3, 0.4) is 0 Å². The summed E-state index contributed by atoms with van der Waals surface area (Å²) >= 11 is 0. The zero-order valence-electron chi connectivity index (χ0n) is 11.9. The average molecular weight is 318 g/mol. The summed E-state index contributed by atoms with van der Waals surface area (Å²) in [5.74, 6) is 0.0288. The molecule has 112 valence electrons. The van der Waals surface area contributed by atoms with Gasteiger partial charge in [0.1, 0.15) is 0 Å². The zero-order chi connectivity index (χ0) is 15.4. The van der Waals surface area contributed by atoms with Gasteiger partial charge in [-0.1, -0.05) is 32.9 Å². The summed E-state index contributed by atoms with van der Waals surface area (Å²) < 4.78 is 22.2. The molecule has 0 aromatic heterocycles. The molecule has 0 saturated heterocycles. The lowest BCUT2D eigenvalue weighted by atomic mass is 9.95. The third-order valence-electron chi connectivity index (χ3n) is 2.81. The van der Waals surface area contributed by atoms with Crippen molar-refractivity contribution in [2.75, 3.05) is 6.54 Å². The number of halogens is 1. The summed E-state index contributed by atoms with van der Waals surface area (Å²) in [7, 11) is 1.58. The topological polar surface area (TPSA) is 63.2 Å². The van der Waals surface area contributed by atoms with E-state index in [9.17, 15) is 13.2 Å². The Bertz CT molecular complexity index is 559. The van der Waals surface area contributed by atoms with Crippen molar-refractivity contribution in [3.05, 3.63) is 29.8 Å². The van der Waals surface area contributed by atoms with E-state index in [1.807, 2.05) is 20.8 Å². The maximum absolute atomic E-state index is 11.6. The molecule has 0 aliphatic rings. The number of aryl methyl sites for hydroxylation is 1. The van der Waals surface area contributed by atoms with Crippen molar-refractivity contribution in [3.63, 3.8) is 0 Å². The van der Waals surface area contributed by atoms with Gasteiger partial charge in [0.25, 0.3) is 9.05 Å². The van der Waals surface area contributed by atoms with Crippen LogP contribution < -0.4 is 5.32 Å². The first-order chi connectivity index (χ1) is 9.10. The van der Waals surface area contributed by atoms with Crippen LogP contribution in [0.15, 0.2) is 29.2 Å². The smallest absolute Gasteiger partial charge is 0.261 e. The fourth-order valence-corrected chi connectivity index (χ4v) is 2.35. The second-order valence-corrected chi connectivity index (χ2v) is 8.26. The van der Waals surface area contributed by atoms with Gasteiger partial charge >= 0.3 is 0 Å². The maximum atomic E-state index is 11.6. The van der Waals surface area contributed by atoms with Gasteiger partial charge in [0.2, 0.25) is 5.91 Å². The van der Waals surface area contributed by atoms with Crippen LogP contribution in [0.5, 0.6) is 0 Å². The number of hydrogen-bond acceptors (Lipinski definition) is 3. The molecule has 0 saturated carbocycles. The standard InChI is InChI=1S/C14H20ClNO3S/c1-14(2,3)13(17)16-10-4-5-11-6-8-12(9-7-11)20(15,18)19/h6-9H,4-5,10H2,1-3H3,(H,16,17). The van der Waals surface area contributed by atoms with Gasteiger partial charge in [0, 0.05) is 22.6 Å². The van der Waals surface area contributed by atoms with Gasteiger partial charge in [-0.25, -0.2) is 8.42 Å². The molecule has 0 radical (unpaired) electrons. The van der Waals surface area contributed by atoms with E-state index < -0.39 is 9.05 Å². The Hall–Kier alpha value is -1.07. The molecule has 4 nitrogen and oxygen atoms in total. The SMILES string of the molecule is CC(C)(C)C(=O)NCCCc1ccc(S(=O)(=O)Cl)cc1. The van der Waals surface area contributed by atoms with Crippen LogP contribution in [0.2, 0.25) is 0 Å². The van der Waals surface area contributed by atoms with Gasteiger partial charge in [0.15, 0.2) is 0 Å². The molecule has 20 heavy (non-hydrogen) atoms. The summed E-state index contributed by atoms with van der Waals surface area (Å²) in [6.45, 7) is 6.21. The highest BCUT2D eigenvalue weighted by Gasteiger charge is 2.20. The van der Waals surface area contributed by atoms with E-state index in [4.69, 9.17) is 10.7 Å². The van der Waals surface area contributed by atoms with Crippen molar-refractivity contribution in [1.29, 1.82) is 0 Å². The number of benzene rings is 1.